The van der Waals surface area contributed by atoms with Gasteiger partial charge < -0.3 is 9.47 Å². The van der Waals surface area contributed by atoms with E-state index in [4.69, 9.17) is 9.47 Å². The molecular formula is C20H34O2. The predicted molar refractivity (Wildman–Crippen MR) is 88.8 cm³/mol. The molecule has 126 valence electrons. The number of epoxide rings is 1. The van der Waals surface area contributed by atoms with Crippen molar-refractivity contribution in [2.75, 3.05) is 6.61 Å². The van der Waals surface area contributed by atoms with Crippen LogP contribution < -0.4 is 0 Å². The molecule has 4 fully saturated rings. The lowest BCUT2D eigenvalue weighted by Crippen LogP contribution is -2.59. The van der Waals surface area contributed by atoms with Crippen molar-refractivity contribution < 1.29 is 9.47 Å². The van der Waals surface area contributed by atoms with Gasteiger partial charge in [-0.25, -0.2) is 0 Å². The van der Waals surface area contributed by atoms with Crippen LogP contribution in [0.25, 0.3) is 0 Å². The van der Waals surface area contributed by atoms with E-state index in [9.17, 15) is 0 Å². The lowest BCUT2D eigenvalue weighted by molar-refractivity contribution is -0.197. The minimum absolute atomic E-state index is 0.0753. The zero-order valence-corrected chi connectivity index (χ0v) is 15.2. The summed E-state index contributed by atoms with van der Waals surface area (Å²) < 4.78 is 12.5. The van der Waals surface area contributed by atoms with Gasteiger partial charge in [0.1, 0.15) is 6.10 Å². The Morgan fingerprint density at radius 1 is 0.773 bits per heavy atom. The monoisotopic (exact) mass is 306 g/mol. The van der Waals surface area contributed by atoms with Crippen LogP contribution in [0.15, 0.2) is 0 Å². The van der Waals surface area contributed by atoms with E-state index in [0.717, 1.165) is 12.5 Å². The summed E-state index contributed by atoms with van der Waals surface area (Å²) in [6.45, 7) is 13.1. The molecule has 0 unspecified atom stereocenters. The molecule has 0 aromatic heterocycles. The number of hydrogen-bond acceptors (Lipinski definition) is 2. The first-order valence-electron chi connectivity index (χ1n) is 9.51. The summed E-state index contributed by atoms with van der Waals surface area (Å²) in [5.74, 6) is 1.55. The van der Waals surface area contributed by atoms with Gasteiger partial charge in [0.25, 0.3) is 0 Å². The second-order valence-electron chi connectivity index (χ2n) is 10.1. The smallest absolute Gasteiger partial charge is 0.110 e. The van der Waals surface area contributed by atoms with Crippen molar-refractivity contribution in [3.8, 4) is 0 Å². The lowest BCUT2D eigenvalue weighted by Gasteiger charge is -2.62. The maximum atomic E-state index is 6.55. The first-order chi connectivity index (χ1) is 10.2. The first kappa shape index (κ1) is 15.4. The summed E-state index contributed by atoms with van der Waals surface area (Å²) in [6, 6.07) is 0. The van der Waals surface area contributed by atoms with Gasteiger partial charge in [0, 0.05) is 0 Å². The quantitative estimate of drug-likeness (QED) is 0.590. The van der Waals surface area contributed by atoms with E-state index in [0.29, 0.717) is 22.9 Å². The van der Waals surface area contributed by atoms with Crippen LogP contribution in [0.2, 0.25) is 0 Å². The molecular weight excluding hydrogens is 272 g/mol. The number of hydrogen-bond donors (Lipinski definition) is 0. The summed E-state index contributed by atoms with van der Waals surface area (Å²) in [7, 11) is 0. The summed E-state index contributed by atoms with van der Waals surface area (Å²) in [6.07, 6.45) is 9.65. The molecule has 0 aromatic rings. The van der Waals surface area contributed by atoms with Crippen molar-refractivity contribution in [3.05, 3.63) is 0 Å². The summed E-state index contributed by atoms with van der Waals surface area (Å²) >= 11 is 0. The van der Waals surface area contributed by atoms with Crippen molar-refractivity contribution in [2.24, 2.45) is 22.7 Å². The van der Waals surface area contributed by atoms with Gasteiger partial charge in [0.2, 0.25) is 0 Å². The predicted octanol–water partition coefficient (Wildman–Crippen LogP) is 4.96. The Hall–Kier alpha value is -0.0800. The lowest BCUT2D eigenvalue weighted by atomic mass is 9.45. The van der Waals surface area contributed by atoms with Crippen LogP contribution in [-0.2, 0) is 9.47 Å². The maximum Gasteiger partial charge on any atom is 0.110 e. The second-order valence-corrected chi connectivity index (χ2v) is 10.1. The van der Waals surface area contributed by atoms with Crippen LogP contribution >= 0.6 is 0 Å². The Labute approximate surface area is 136 Å². The Kier molecular flexibility index (Phi) is 3.16. The van der Waals surface area contributed by atoms with Crippen molar-refractivity contribution in [2.45, 2.75) is 96.9 Å². The van der Waals surface area contributed by atoms with Crippen LogP contribution in [0.1, 0.15) is 79.6 Å². The highest BCUT2D eigenvalue weighted by molar-refractivity contribution is 5.11. The average molecular weight is 306 g/mol. The van der Waals surface area contributed by atoms with Gasteiger partial charge in [-0.15, -0.1) is 0 Å². The fraction of sp³-hybridized carbons (Fsp3) is 1.00. The molecule has 2 aliphatic heterocycles. The molecule has 0 spiro atoms. The van der Waals surface area contributed by atoms with Crippen molar-refractivity contribution >= 4 is 0 Å². The third kappa shape index (κ3) is 2.05. The molecule has 2 heteroatoms. The SMILES string of the molecule is CC1(C)CCC[C@]2(C)[C@H]3CC[C@@]4(C)O[C@H]4CO[C@]3(C)CC[C@@H]12. The molecule has 2 heterocycles. The first-order valence-corrected chi connectivity index (χ1v) is 9.51. The molecule has 4 aliphatic rings. The van der Waals surface area contributed by atoms with E-state index < -0.39 is 0 Å². The van der Waals surface area contributed by atoms with E-state index in [2.05, 4.69) is 34.6 Å². The molecule has 6 atom stereocenters. The minimum atomic E-state index is 0.0753. The van der Waals surface area contributed by atoms with E-state index in [1.165, 1.54) is 44.9 Å². The number of rotatable bonds is 0. The molecule has 22 heavy (non-hydrogen) atoms. The highest BCUT2D eigenvalue weighted by Gasteiger charge is 2.62. The largest absolute Gasteiger partial charge is 0.372 e. The molecule has 2 saturated carbocycles. The molecule has 2 saturated heterocycles. The molecule has 4 rings (SSSR count). The molecule has 0 bridgehead atoms. The minimum Gasteiger partial charge on any atom is -0.372 e. The van der Waals surface area contributed by atoms with Crippen molar-refractivity contribution in [1.82, 2.24) is 0 Å². The van der Waals surface area contributed by atoms with Crippen LogP contribution in [0.5, 0.6) is 0 Å². The van der Waals surface area contributed by atoms with E-state index in [1.54, 1.807) is 0 Å². The topological polar surface area (TPSA) is 21.8 Å². The molecule has 0 aromatic carbocycles. The fourth-order valence-corrected chi connectivity index (χ4v) is 6.83. The van der Waals surface area contributed by atoms with Gasteiger partial charge in [0.15, 0.2) is 0 Å². The van der Waals surface area contributed by atoms with Crippen LogP contribution in [0.4, 0.5) is 0 Å². The zero-order valence-electron chi connectivity index (χ0n) is 15.2. The molecule has 0 N–H and O–H groups in total. The van der Waals surface area contributed by atoms with E-state index >= 15 is 0 Å². The van der Waals surface area contributed by atoms with Gasteiger partial charge in [-0.1, -0.05) is 27.2 Å². The highest BCUT2D eigenvalue weighted by atomic mass is 16.6. The molecule has 2 aliphatic carbocycles. The number of fused-ring (bicyclic) bond motifs is 4. The summed E-state index contributed by atoms with van der Waals surface area (Å²) in [4.78, 5) is 0. The Morgan fingerprint density at radius 2 is 1.45 bits per heavy atom. The van der Waals surface area contributed by atoms with Crippen molar-refractivity contribution in [1.29, 1.82) is 0 Å². The van der Waals surface area contributed by atoms with Crippen molar-refractivity contribution in [3.63, 3.8) is 0 Å². The van der Waals surface area contributed by atoms with E-state index in [1.807, 2.05) is 0 Å². The van der Waals surface area contributed by atoms with Crippen LogP contribution in [0.3, 0.4) is 0 Å². The fourth-order valence-electron chi connectivity index (χ4n) is 6.83. The van der Waals surface area contributed by atoms with E-state index in [-0.39, 0.29) is 11.2 Å². The van der Waals surface area contributed by atoms with Gasteiger partial charge in [-0.2, -0.15) is 0 Å². The summed E-state index contributed by atoms with van der Waals surface area (Å²) in [5, 5.41) is 0. The maximum absolute atomic E-state index is 6.55. The Morgan fingerprint density at radius 3 is 2.23 bits per heavy atom. The summed E-state index contributed by atoms with van der Waals surface area (Å²) in [5.41, 5.74) is 1.15. The van der Waals surface area contributed by atoms with Crippen LogP contribution in [-0.4, -0.2) is 23.9 Å². The van der Waals surface area contributed by atoms with Crippen LogP contribution in [0, 0.1) is 22.7 Å². The average Bonchev–Trinajstić information content (AvgIpc) is 3.03. The Bertz CT molecular complexity index is 472. The number of ether oxygens (including phenoxy) is 2. The molecule has 2 nitrogen and oxygen atoms in total. The standard InChI is InChI=1S/C20H34O2/c1-17(2)9-6-10-18(3)14(17)7-11-19(4)15(18)8-12-20(5)16(22-20)13-21-19/h14-16H,6-13H2,1-5H3/t14-,15+,16-,18-,19+,20+/m0/s1. The molecule has 0 radical (unpaired) electrons. The third-order valence-corrected chi connectivity index (χ3v) is 8.27. The molecule has 0 amide bonds. The highest BCUT2D eigenvalue weighted by Crippen LogP contribution is 2.64. The third-order valence-electron chi connectivity index (χ3n) is 8.27. The zero-order chi connectivity index (χ0) is 15.8. The normalized spacial score (nSPS) is 56.9. The van der Waals surface area contributed by atoms with Gasteiger partial charge in [-0.05, 0) is 75.0 Å². The van der Waals surface area contributed by atoms with Gasteiger partial charge in [-0.3, -0.25) is 0 Å². The van der Waals surface area contributed by atoms with Gasteiger partial charge >= 0.3 is 0 Å². The second kappa shape index (κ2) is 4.51. The Balaban J connectivity index is 1.67. The van der Waals surface area contributed by atoms with Gasteiger partial charge in [0.05, 0.1) is 17.8 Å².